The summed E-state index contributed by atoms with van der Waals surface area (Å²) in [6, 6.07) is 15.7. The molecule has 0 atom stereocenters. The normalized spacial score (nSPS) is 15.3. The first kappa shape index (κ1) is 18.2. The number of aliphatic imine (C=N–C) groups is 1. The maximum absolute atomic E-state index is 10.1. The van der Waals surface area contributed by atoms with Gasteiger partial charge in [0.05, 0.1) is 23.3 Å². The minimum atomic E-state index is 0.334. The molecular weight excluding hydrogens is 352 g/mol. The summed E-state index contributed by atoms with van der Waals surface area (Å²) in [7, 11) is 3.85. The maximum Gasteiger partial charge on any atom is 0.194 e. The number of aromatic hydroxyl groups is 1. The molecule has 7 nitrogen and oxygen atoms in total. The molecule has 0 unspecified atom stereocenters. The molecule has 1 aliphatic rings. The number of piperazine rings is 1. The minimum absolute atomic E-state index is 0.334. The topological polar surface area (TPSA) is 68.9 Å². The SMILES string of the molecule is CN=C(NCc1nc2ccccc2n1C)N1CCN(c2ccccc2O)CC1. The summed E-state index contributed by atoms with van der Waals surface area (Å²) >= 11 is 0. The van der Waals surface area contributed by atoms with Gasteiger partial charge in [0, 0.05) is 40.3 Å². The maximum atomic E-state index is 10.1. The summed E-state index contributed by atoms with van der Waals surface area (Å²) in [4.78, 5) is 13.6. The Morgan fingerprint density at radius 3 is 2.50 bits per heavy atom. The number of para-hydroxylation sites is 4. The van der Waals surface area contributed by atoms with Crippen LogP contribution in [0.25, 0.3) is 11.0 Å². The fourth-order valence-electron chi connectivity index (χ4n) is 3.73. The average Bonchev–Trinajstić information content (AvgIpc) is 3.05. The van der Waals surface area contributed by atoms with Crippen molar-refractivity contribution in [1.82, 2.24) is 19.8 Å². The van der Waals surface area contributed by atoms with Crippen molar-refractivity contribution in [3.63, 3.8) is 0 Å². The van der Waals surface area contributed by atoms with Crippen LogP contribution in [0.4, 0.5) is 5.69 Å². The number of aryl methyl sites for hydroxylation is 1. The molecule has 7 heteroatoms. The van der Waals surface area contributed by atoms with E-state index in [1.54, 1.807) is 6.07 Å². The Balaban J connectivity index is 1.39. The second kappa shape index (κ2) is 7.80. The number of hydrogen-bond acceptors (Lipinski definition) is 4. The van der Waals surface area contributed by atoms with Crippen molar-refractivity contribution in [1.29, 1.82) is 0 Å². The lowest BCUT2D eigenvalue weighted by molar-refractivity contribution is 0.369. The van der Waals surface area contributed by atoms with E-state index < -0.39 is 0 Å². The quantitative estimate of drug-likeness (QED) is 0.540. The number of nitrogens with one attached hydrogen (secondary N) is 1. The van der Waals surface area contributed by atoms with Gasteiger partial charge in [0.2, 0.25) is 0 Å². The highest BCUT2D eigenvalue weighted by Gasteiger charge is 2.21. The number of phenolic OH excluding ortho intramolecular Hbond substituents is 1. The second-order valence-electron chi connectivity index (χ2n) is 6.94. The molecule has 0 radical (unpaired) electrons. The fourth-order valence-corrected chi connectivity index (χ4v) is 3.73. The molecule has 2 N–H and O–H groups in total. The van der Waals surface area contributed by atoms with Gasteiger partial charge in [-0.15, -0.1) is 0 Å². The van der Waals surface area contributed by atoms with Gasteiger partial charge in [0.15, 0.2) is 5.96 Å². The Hall–Kier alpha value is -3.22. The molecule has 2 heterocycles. The van der Waals surface area contributed by atoms with Crippen molar-refractivity contribution in [2.24, 2.45) is 12.0 Å². The molecule has 0 saturated carbocycles. The summed E-state index contributed by atoms with van der Waals surface area (Å²) in [5, 5.41) is 13.5. The molecule has 1 aliphatic heterocycles. The fraction of sp³-hybridized carbons (Fsp3) is 0.333. The van der Waals surface area contributed by atoms with Crippen LogP contribution >= 0.6 is 0 Å². The Morgan fingerprint density at radius 2 is 1.79 bits per heavy atom. The van der Waals surface area contributed by atoms with Crippen molar-refractivity contribution in [2.75, 3.05) is 38.1 Å². The van der Waals surface area contributed by atoms with Crippen molar-refractivity contribution in [2.45, 2.75) is 6.54 Å². The summed E-state index contributed by atoms with van der Waals surface area (Å²) in [6.07, 6.45) is 0. The molecule has 0 amide bonds. The molecule has 3 aromatic rings. The van der Waals surface area contributed by atoms with Gasteiger partial charge in [0.25, 0.3) is 0 Å². The highest BCUT2D eigenvalue weighted by Crippen LogP contribution is 2.27. The lowest BCUT2D eigenvalue weighted by atomic mass is 10.2. The van der Waals surface area contributed by atoms with E-state index in [1.165, 1.54) is 0 Å². The van der Waals surface area contributed by atoms with E-state index in [2.05, 4.69) is 30.7 Å². The number of guanidine groups is 1. The number of anilines is 1. The van der Waals surface area contributed by atoms with Gasteiger partial charge < -0.3 is 24.8 Å². The van der Waals surface area contributed by atoms with E-state index in [4.69, 9.17) is 4.98 Å². The monoisotopic (exact) mass is 378 g/mol. The van der Waals surface area contributed by atoms with Crippen molar-refractivity contribution < 1.29 is 5.11 Å². The molecular formula is C21H26N6O. The predicted octanol–water partition coefficient (Wildman–Crippen LogP) is 2.18. The number of nitrogens with zero attached hydrogens (tertiary/aromatic N) is 5. The van der Waals surface area contributed by atoms with Crippen LogP contribution in [0.5, 0.6) is 5.75 Å². The number of rotatable bonds is 3. The van der Waals surface area contributed by atoms with E-state index in [-0.39, 0.29) is 0 Å². The van der Waals surface area contributed by atoms with Crippen LogP contribution < -0.4 is 10.2 Å². The van der Waals surface area contributed by atoms with Crippen LogP contribution in [0.1, 0.15) is 5.82 Å². The predicted molar refractivity (Wildman–Crippen MR) is 113 cm³/mol. The zero-order chi connectivity index (χ0) is 19.5. The van der Waals surface area contributed by atoms with Crippen molar-refractivity contribution in [3.8, 4) is 5.75 Å². The molecule has 0 aliphatic carbocycles. The Bertz CT molecular complexity index is 987. The summed E-state index contributed by atoms with van der Waals surface area (Å²) in [6.45, 7) is 3.99. The molecule has 28 heavy (non-hydrogen) atoms. The van der Waals surface area contributed by atoms with Gasteiger partial charge >= 0.3 is 0 Å². The Morgan fingerprint density at radius 1 is 1.07 bits per heavy atom. The third-order valence-corrected chi connectivity index (χ3v) is 5.30. The molecule has 2 aromatic carbocycles. The van der Waals surface area contributed by atoms with Crippen LogP contribution in [0, 0.1) is 0 Å². The van der Waals surface area contributed by atoms with Crippen molar-refractivity contribution in [3.05, 3.63) is 54.4 Å². The Labute approximate surface area is 164 Å². The largest absolute Gasteiger partial charge is 0.506 e. The van der Waals surface area contributed by atoms with Gasteiger partial charge in [-0.1, -0.05) is 24.3 Å². The van der Waals surface area contributed by atoms with E-state index in [0.29, 0.717) is 12.3 Å². The second-order valence-corrected chi connectivity index (χ2v) is 6.94. The van der Waals surface area contributed by atoms with Crippen LogP contribution in [-0.4, -0.2) is 58.7 Å². The number of phenols is 1. The van der Waals surface area contributed by atoms with Gasteiger partial charge in [-0.05, 0) is 24.3 Å². The summed E-state index contributed by atoms with van der Waals surface area (Å²) < 4.78 is 2.12. The summed E-state index contributed by atoms with van der Waals surface area (Å²) in [5.41, 5.74) is 3.03. The van der Waals surface area contributed by atoms with Gasteiger partial charge in [-0.25, -0.2) is 4.98 Å². The molecule has 0 spiro atoms. The first-order valence-corrected chi connectivity index (χ1v) is 9.56. The van der Waals surface area contributed by atoms with E-state index in [1.807, 2.05) is 50.5 Å². The van der Waals surface area contributed by atoms with Crippen LogP contribution in [0.15, 0.2) is 53.5 Å². The van der Waals surface area contributed by atoms with Crippen molar-refractivity contribution >= 4 is 22.7 Å². The standard InChI is InChI=1S/C21H26N6O/c1-22-21(23-15-20-24-16-7-3-4-8-17(16)25(20)2)27-13-11-26(12-14-27)18-9-5-6-10-19(18)28/h3-10,28H,11-15H2,1-2H3,(H,22,23). The number of hydrogen-bond donors (Lipinski definition) is 2. The highest BCUT2D eigenvalue weighted by atomic mass is 16.3. The number of aromatic nitrogens is 2. The lowest BCUT2D eigenvalue weighted by Crippen LogP contribution is -2.52. The zero-order valence-electron chi connectivity index (χ0n) is 16.3. The first-order valence-electron chi connectivity index (χ1n) is 9.56. The van der Waals surface area contributed by atoms with Gasteiger partial charge in [0.1, 0.15) is 11.6 Å². The molecule has 4 rings (SSSR count). The lowest BCUT2D eigenvalue weighted by Gasteiger charge is -2.37. The molecule has 1 fully saturated rings. The Kier molecular flexibility index (Phi) is 5.06. The third kappa shape index (κ3) is 3.47. The molecule has 1 saturated heterocycles. The molecule has 1 aromatic heterocycles. The highest BCUT2D eigenvalue weighted by molar-refractivity contribution is 5.80. The van der Waals surface area contributed by atoms with Crippen LogP contribution in [0.3, 0.4) is 0 Å². The van der Waals surface area contributed by atoms with E-state index >= 15 is 0 Å². The average molecular weight is 378 g/mol. The molecule has 0 bridgehead atoms. The van der Waals surface area contributed by atoms with E-state index in [0.717, 1.165) is 54.7 Å². The smallest absolute Gasteiger partial charge is 0.194 e. The van der Waals surface area contributed by atoms with E-state index in [9.17, 15) is 5.11 Å². The third-order valence-electron chi connectivity index (χ3n) is 5.30. The number of imidazole rings is 1. The minimum Gasteiger partial charge on any atom is -0.506 e. The number of benzene rings is 2. The number of fused-ring (bicyclic) bond motifs is 1. The van der Waals surface area contributed by atoms with Gasteiger partial charge in [-0.2, -0.15) is 0 Å². The van der Waals surface area contributed by atoms with Gasteiger partial charge in [-0.3, -0.25) is 4.99 Å². The first-order chi connectivity index (χ1) is 13.7. The van der Waals surface area contributed by atoms with Crippen LogP contribution in [-0.2, 0) is 13.6 Å². The molecule has 146 valence electrons. The zero-order valence-corrected chi connectivity index (χ0v) is 16.3. The summed E-state index contributed by atoms with van der Waals surface area (Å²) in [5.74, 6) is 2.19. The van der Waals surface area contributed by atoms with Crippen LogP contribution in [0.2, 0.25) is 0 Å².